The van der Waals surface area contributed by atoms with Crippen molar-refractivity contribution in [3.05, 3.63) is 34.5 Å². The number of hydrogen-bond donors (Lipinski definition) is 2. The van der Waals surface area contributed by atoms with Crippen LogP contribution in [0.3, 0.4) is 0 Å². The number of thiophene rings is 1. The molecule has 0 aromatic carbocycles. The predicted octanol–water partition coefficient (Wildman–Crippen LogP) is 2.98. The van der Waals surface area contributed by atoms with E-state index in [-0.39, 0.29) is 0 Å². The van der Waals surface area contributed by atoms with Crippen molar-refractivity contribution < 1.29 is 0 Å². The first-order valence-electron chi connectivity index (χ1n) is 6.35. The molecule has 0 saturated heterocycles. The fourth-order valence-corrected chi connectivity index (χ4v) is 2.37. The van der Waals surface area contributed by atoms with Gasteiger partial charge in [0.25, 0.3) is 0 Å². The molecular formula is C14H23N3S. The molecule has 2 N–H and O–H groups in total. The average molecular weight is 265 g/mol. The first kappa shape index (κ1) is 14.8. The lowest BCUT2D eigenvalue weighted by atomic mass is 10.1. The Morgan fingerprint density at radius 2 is 2.33 bits per heavy atom. The lowest BCUT2D eigenvalue weighted by molar-refractivity contribution is 0.701. The number of nitrogens with one attached hydrogen (secondary N) is 2. The Kier molecular flexibility index (Phi) is 7.18. The molecule has 1 rings (SSSR count). The van der Waals surface area contributed by atoms with E-state index in [2.05, 4.69) is 51.5 Å². The van der Waals surface area contributed by atoms with Crippen LogP contribution in [-0.2, 0) is 0 Å². The van der Waals surface area contributed by atoms with Crippen molar-refractivity contribution in [3.8, 4) is 0 Å². The lowest BCUT2D eigenvalue weighted by Gasteiger charge is -2.15. The highest BCUT2D eigenvalue weighted by molar-refractivity contribution is 7.07. The first-order valence-corrected chi connectivity index (χ1v) is 7.30. The molecule has 3 nitrogen and oxygen atoms in total. The fraction of sp³-hybridized carbons (Fsp3) is 0.500. The molecule has 1 atom stereocenters. The monoisotopic (exact) mass is 265 g/mol. The van der Waals surface area contributed by atoms with Crippen molar-refractivity contribution in [1.29, 1.82) is 0 Å². The van der Waals surface area contributed by atoms with Gasteiger partial charge in [-0.1, -0.05) is 19.1 Å². The molecule has 1 heterocycles. The Balaban J connectivity index is 2.27. The van der Waals surface area contributed by atoms with E-state index in [0.717, 1.165) is 25.5 Å². The molecule has 100 valence electrons. The van der Waals surface area contributed by atoms with Crippen LogP contribution in [0.1, 0.15) is 31.7 Å². The standard InChI is InChI=1S/C14H23N3S/c1-4-5-6-8-16-14(15-3)17-10-12(2)13-7-9-18-11-13/h4-5,7,9,11-12H,6,8,10H2,1-3H3,(H2,15,16,17). The Labute approximate surface area is 114 Å². The van der Waals surface area contributed by atoms with Crippen molar-refractivity contribution in [2.75, 3.05) is 20.1 Å². The summed E-state index contributed by atoms with van der Waals surface area (Å²) in [4.78, 5) is 4.21. The van der Waals surface area contributed by atoms with E-state index < -0.39 is 0 Å². The summed E-state index contributed by atoms with van der Waals surface area (Å²) >= 11 is 1.75. The molecule has 0 fully saturated rings. The molecule has 18 heavy (non-hydrogen) atoms. The summed E-state index contributed by atoms with van der Waals surface area (Å²) in [5, 5.41) is 11.0. The molecule has 1 unspecified atom stereocenters. The fourth-order valence-electron chi connectivity index (χ4n) is 1.58. The van der Waals surface area contributed by atoms with Crippen LogP contribution in [0.15, 0.2) is 34.0 Å². The third-order valence-electron chi connectivity index (χ3n) is 2.75. The number of aliphatic imine (C=N–C) groups is 1. The zero-order chi connectivity index (χ0) is 13.2. The van der Waals surface area contributed by atoms with E-state index in [4.69, 9.17) is 0 Å². The maximum atomic E-state index is 4.21. The van der Waals surface area contributed by atoms with Gasteiger partial charge in [0.05, 0.1) is 0 Å². The second-order valence-corrected chi connectivity index (χ2v) is 4.98. The van der Waals surface area contributed by atoms with Crippen LogP contribution in [0.25, 0.3) is 0 Å². The Hall–Kier alpha value is -1.29. The van der Waals surface area contributed by atoms with Gasteiger partial charge >= 0.3 is 0 Å². The number of guanidine groups is 1. The van der Waals surface area contributed by atoms with Gasteiger partial charge in [-0.25, -0.2) is 0 Å². The number of hydrogen-bond acceptors (Lipinski definition) is 2. The van der Waals surface area contributed by atoms with Crippen LogP contribution in [0, 0.1) is 0 Å². The first-order chi connectivity index (χ1) is 8.77. The Morgan fingerprint density at radius 1 is 1.50 bits per heavy atom. The normalized spacial score (nSPS) is 13.8. The second kappa shape index (κ2) is 8.75. The molecule has 0 amide bonds. The summed E-state index contributed by atoms with van der Waals surface area (Å²) in [6.45, 7) is 6.08. The molecule has 0 aliphatic heterocycles. The molecule has 0 saturated carbocycles. The van der Waals surface area contributed by atoms with Crippen molar-refractivity contribution >= 4 is 17.3 Å². The van der Waals surface area contributed by atoms with Gasteiger partial charge in [0, 0.05) is 20.1 Å². The third kappa shape index (κ3) is 5.36. The van der Waals surface area contributed by atoms with E-state index >= 15 is 0 Å². The SMILES string of the molecule is CC=CCCNC(=NC)NCC(C)c1ccsc1. The molecule has 0 bridgehead atoms. The van der Waals surface area contributed by atoms with Crippen LogP contribution in [0.5, 0.6) is 0 Å². The number of nitrogens with zero attached hydrogens (tertiary/aromatic N) is 1. The Bertz CT molecular complexity index is 368. The average Bonchev–Trinajstić information content (AvgIpc) is 2.91. The smallest absolute Gasteiger partial charge is 0.191 e. The Morgan fingerprint density at radius 3 is 2.94 bits per heavy atom. The van der Waals surface area contributed by atoms with Crippen LogP contribution < -0.4 is 10.6 Å². The molecule has 1 aromatic rings. The van der Waals surface area contributed by atoms with Gasteiger partial charge in [-0.2, -0.15) is 11.3 Å². The van der Waals surface area contributed by atoms with Gasteiger partial charge in [0.1, 0.15) is 0 Å². The lowest BCUT2D eigenvalue weighted by Crippen LogP contribution is -2.39. The van der Waals surface area contributed by atoms with Gasteiger partial charge in [0.2, 0.25) is 0 Å². The minimum absolute atomic E-state index is 0.505. The van der Waals surface area contributed by atoms with Crippen molar-refractivity contribution in [2.45, 2.75) is 26.2 Å². The summed E-state index contributed by atoms with van der Waals surface area (Å²) < 4.78 is 0. The molecule has 0 aliphatic rings. The predicted molar refractivity (Wildman–Crippen MR) is 81.5 cm³/mol. The van der Waals surface area contributed by atoms with E-state index in [1.54, 1.807) is 18.4 Å². The zero-order valence-corrected chi connectivity index (χ0v) is 12.3. The van der Waals surface area contributed by atoms with Gasteiger partial charge in [-0.05, 0) is 41.7 Å². The summed E-state index contributed by atoms with van der Waals surface area (Å²) in [7, 11) is 1.81. The van der Waals surface area contributed by atoms with Crippen LogP contribution in [0.2, 0.25) is 0 Å². The highest BCUT2D eigenvalue weighted by Crippen LogP contribution is 2.16. The second-order valence-electron chi connectivity index (χ2n) is 4.20. The zero-order valence-electron chi connectivity index (χ0n) is 11.4. The summed E-state index contributed by atoms with van der Waals surface area (Å²) in [6, 6.07) is 2.18. The third-order valence-corrected chi connectivity index (χ3v) is 3.45. The van der Waals surface area contributed by atoms with Gasteiger partial charge in [-0.15, -0.1) is 0 Å². The highest BCUT2D eigenvalue weighted by Gasteiger charge is 2.06. The summed E-state index contributed by atoms with van der Waals surface area (Å²) in [5.74, 6) is 1.38. The molecule has 0 aliphatic carbocycles. The van der Waals surface area contributed by atoms with Gasteiger partial charge < -0.3 is 10.6 Å². The summed E-state index contributed by atoms with van der Waals surface area (Å²) in [5.41, 5.74) is 1.39. The molecular weight excluding hydrogens is 242 g/mol. The van der Waals surface area contributed by atoms with E-state index in [0.29, 0.717) is 5.92 Å². The topological polar surface area (TPSA) is 36.4 Å². The highest BCUT2D eigenvalue weighted by atomic mass is 32.1. The van der Waals surface area contributed by atoms with Crippen molar-refractivity contribution in [3.63, 3.8) is 0 Å². The number of allylic oxidation sites excluding steroid dienone is 1. The maximum Gasteiger partial charge on any atom is 0.191 e. The van der Waals surface area contributed by atoms with E-state index in [1.165, 1.54) is 5.56 Å². The minimum Gasteiger partial charge on any atom is -0.356 e. The van der Waals surface area contributed by atoms with Crippen molar-refractivity contribution in [1.82, 2.24) is 10.6 Å². The van der Waals surface area contributed by atoms with Crippen LogP contribution >= 0.6 is 11.3 Å². The van der Waals surface area contributed by atoms with Crippen LogP contribution in [0.4, 0.5) is 0 Å². The van der Waals surface area contributed by atoms with Crippen LogP contribution in [-0.4, -0.2) is 26.1 Å². The maximum absolute atomic E-state index is 4.21. The summed E-state index contributed by atoms with van der Waals surface area (Å²) in [6.07, 6.45) is 5.24. The molecule has 4 heteroatoms. The molecule has 0 spiro atoms. The minimum atomic E-state index is 0.505. The molecule has 1 aromatic heterocycles. The van der Waals surface area contributed by atoms with Crippen molar-refractivity contribution in [2.24, 2.45) is 4.99 Å². The van der Waals surface area contributed by atoms with E-state index in [1.807, 2.05) is 6.92 Å². The van der Waals surface area contributed by atoms with Gasteiger partial charge in [-0.3, -0.25) is 4.99 Å². The largest absolute Gasteiger partial charge is 0.356 e. The quantitative estimate of drug-likeness (QED) is 0.359. The number of rotatable bonds is 6. The van der Waals surface area contributed by atoms with E-state index in [9.17, 15) is 0 Å². The molecule has 0 radical (unpaired) electrons. The van der Waals surface area contributed by atoms with Gasteiger partial charge in [0.15, 0.2) is 5.96 Å².